The predicted molar refractivity (Wildman–Crippen MR) is 80.4 cm³/mol. The Kier molecular flexibility index (Phi) is 4.10. The minimum atomic E-state index is -1.34. The van der Waals surface area contributed by atoms with E-state index in [1.54, 1.807) is 18.2 Å². The summed E-state index contributed by atoms with van der Waals surface area (Å²) >= 11 is 12.2. The molecule has 3 aromatic rings. The van der Waals surface area contributed by atoms with Gasteiger partial charge in [0.15, 0.2) is 0 Å². The lowest BCUT2D eigenvalue weighted by Crippen LogP contribution is -2.37. The van der Waals surface area contributed by atoms with Gasteiger partial charge >= 0.3 is 0 Å². The van der Waals surface area contributed by atoms with Gasteiger partial charge in [-0.15, -0.1) is 0 Å². The molecule has 0 spiro atoms. The van der Waals surface area contributed by atoms with E-state index in [0.29, 0.717) is 15.6 Å². The second-order valence-corrected chi connectivity index (χ2v) is 5.69. The van der Waals surface area contributed by atoms with E-state index in [2.05, 4.69) is 20.2 Å². The lowest BCUT2D eigenvalue weighted by Gasteiger charge is -2.29. The SMILES string of the molecule is OC(Cn1cncn1)(Cn1cncn1)c1ccc(Cl)cc1Cl. The molecule has 0 atom stereocenters. The van der Waals surface area contributed by atoms with Crippen molar-refractivity contribution in [2.75, 3.05) is 0 Å². The van der Waals surface area contributed by atoms with Crippen LogP contribution in [0.4, 0.5) is 0 Å². The first-order valence-electron chi connectivity index (χ1n) is 6.39. The summed E-state index contributed by atoms with van der Waals surface area (Å²) < 4.78 is 3.06. The molecule has 22 heavy (non-hydrogen) atoms. The summed E-state index contributed by atoms with van der Waals surface area (Å²) in [7, 11) is 0. The minimum absolute atomic E-state index is 0.161. The third-order valence-corrected chi connectivity index (χ3v) is 3.76. The zero-order valence-corrected chi connectivity index (χ0v) is 12.9. The van der Waals surface area contributed by atoms with Gasteiger partial charge < -0.3 is 5.11 Å². The molecule has 0 aliphatic heterocycles. The highest BCUT2D eigenvalue weighted by molar-refractivity contribution is 6.35. The zero-order chi connectivity index (χ0) is 15.6. The topological polar surface area (TPSA) is 81.6 Å². The van der Waals surface area contributed by atoms with Gasteiger partial charge in [-0.1, -0.05) is 29.3 Å². The molecule has 2 heterocycles. The molecule has 0 saturated heterocycles. The van der Waals surface area contributed by atoms with Gasteiger partial charge in [-0.3, -0.25) is 0 Å². The van der Waals surface area contributed by atoms with Crippen LogP contribution in [0.2, 0.25) is 10.0 Å². The standard InChI is InChI=1S/C13H12Cl2N6O/c14-10-1-2-11(12(15)3-10)13(22,4-20-8-16-6-18-20)5-21-9-17-7-19-21/h1-3,6-9,22H,4-5H2. The summed E-state index contributed by atoms with van der Waals surface area (Å²) in [5, 5.41) is 20.1. The Hall–Kier alpha value is -1.96. The van der Waals surface area contributed by atoms with E-state index >= 15 is 0 Å². The Labute approximate surface area is 136 Å². The summed E-state index contributed by atoms with van der Waals surface area (Å²) in [4.78, 5) is 7.77. The first kappa shape index (κ1) is 15.0. The lowest BCUT2D eigenvalue weighted by molar-refractivity contribution is -0.00531. The molecule has 0 unspecified atom stereocenters. The first-order valence-corrected chi connectivity index (χ1v) is 7.15. The molecule has 9 heteroatoms. The summed E-state index contributed by atoms with van der Waals surface area (Å²) in [6.45, 7) is 0.322. The van der Waals surface area contributed by atoms with Crippen LogP contribution in [0.25, 0.3) is 0 Å². The van der Waals surface area contributed by atoms with Crippen LogP contribution in [0.15, 0.2) is 43.5 Å². The normalized spacial score (nSPS) is 11.8. The third kappa shape index (κ3) is 3.11. The van der Waals surface area contributed by atoms with Gasteiger partial charge in [-0.2, -0.15) is 10.2 Å². The van der Waals surface area contributed by atoms with Crippen LogP contribution in [-0.2, 0) is 18.7 Å². The van der Waals surface area contributed by atoms with Crippen LogP contribution in [0.3, 0.4) is 0 Å². The fourth-order valence-corrected chi connectivity index (χ4v) is 2.84. The molecule has 0 radical (unpaired) electrons. The van der Waals surface area contributed by atoms with Crippen molar-refractivity contribution in [2.24, 2.45) is 0 Å². The average Bonchev–Trinajstić information content (AvgIpc) is 3.12. The van der Waals surface area contributed by atoms with E-state index in [-0.39, 0.29) is 13.1 Å². The first-order chi connectivity index (χ1) is 10.6. The van der Waals surface area contributed by atoms with Crippen LogP contribution >= 0.6 is 23.2 Å². The molecule has 0 aliphatic carbocycles. The van der Waals surface area contributed by atoms with Crippen LogP contribution in [0, 0.1) is 0 Å². The van der Waals surface area contributed by atoms with Crippen molar-refractivity contribution in [1.82, 2.24) is 29.5 Å². The van der Waals surface area contributed by atoms with Crippen molar-refractivity contribution in [3.05, 3.63) is 59.1 Å². The summed E-state index contributed by atoms with van der Waals surface area (Å²) in [6, 6.07) is 4.96. The molecule has 3 rings (SSSR count). The zero-order valence-electron chi connectivity index (χ0n) is 11.3. The maximum absolute atomic E-state index is 11.2. The number of hydrogen-bond acceptors (Lipinski definition) is 5. The van der Waals surface area contributed by atoms with Crippen molar-refractivity contribution < 1.29 is 5.11 Å². The van der Waals surface area contributed by atoms with Crippen molar-refractivity contribution >= 4 is 23.2 Å². The molecule has 1 N–H and O–H groups in total. The molecular weight excluding hydrogens is 327 g/mol. The van der Waals surface area contributed by atoms with Crippen LogP contribution in [0.5, 0.6) is 0 Å². The van der Waals surface area contributed by atoms with Crippen molar-refractivity contribution in [2.45, 2.75) is 18.7 Å². The Bertz CT molecular complexity index is 708. The predicted octanol–water partition coefficient (Wildman–Crippen LogP) is 1.76. The van der Waals surface area contributed by atoms with Crippen molar-refractivity contribution in [1.29, 1.82) is 0 Å². The Balaban J connectivity index is 2.01. The molecule has 0 bridgehead atoms. The van der Waals surface area contributed by atoms with Gasteiger partial charge in [0.1, 0.15) is 30.9 Å². The molecule has 0 aliphatic rings. The fourth-order valence-electron chi connectivity index (χ4n) is 2.25. The van der Waals surface area contributed by atoms with Crippen molar-refractivity contribution in [3.8, 4) is 0 Å². The van der Waals surface area contributed by atoms with E-state index in [0.717, 1.165) is 0 Å². The van der Waals surface area contributed by atoms with Crippen LogP contribution < -0.4 is 0 Å². The van der Waals surface area contributed by atoms with E-state index in [4.69, 9.17) is 23.2 Å². The highest BCUT2D eigenvalue weighted by atomic mass is 35.5. The summed E-state index contributed by atoms with van der Waals surface area (Å²) in [6.07, 6.45) is 5.85. The van der Waals surface area contributed by atoms with Gasteiger partial charge in [0.25, 0.3) is 0 Å². The Morgan fingerprint density at radius 1 is 1.00 bits per heavy atom. The van der Waals surface area contributed by atoms with Crippen LogP contribution in [-0.4, -0.2) is 34.6 Å². The maximum atomic E-state index is 11.2. The lowest BCUT2D eigenvalue weighted by atomic mass is 9.93. The smallest absolute Gasteiger partial charge is 0.137 e. The second-order valence-electron chi connectivity index (χ2n) is 4.84. The van der Waals surface area contributed by atoms with Crippen LogP contribution in [0.1, 0.15) is 5.56 Å². The molecule has 2 aromatic heterocycles. The van der Waals surface area contributed by atoms with Gasteiger partial charge in [-0.05, 0) is 12.1 Å². The maximum Gasteiger partial charge on any atom is 0.137 e. The number of aliphatic hydroxyl groups is 1. The number of aromatic nitrogens is 6. The number of rotatable bonds is 5. The molecule has 114 valence electrons. The number of benzene rings is 1. The fraction of sp³-hybridized carbons (Fsp3) is 0.231. The molecular formula is C13H12Cl2N6O. The number of hydrogen-bond donors (Lipinski definition) is 1. The monoisotopic (exact) mass is 338 g/mol. The number of nitrogens with zero attached hydrogens (tertiary/aromatic N) is 6. The Morgan fingerprint density at radius 2 is 1.59 bits per heavy atom. The number of halogens is 2. The minimum Gasteiger partial charge on any atom is -0.381 e. The summed E-state index contributed by atoms with van der Waals surface area (Å²) in [5.74, 6) is 0. The molecule has 7 nitrogen and oxygen atoms in total. The summed E-state index contributed by atoms with van der Waals surface area (Å²) in [5.41, 5.74) is -0.812. The van der Waals surface area contributed by atoms with E-state index in [9.17, 15) is 5.11 Å². The van der Waals surface area contributed by atoms with Gasteiger partial charge in [0, 0.05) is 15.6 Å². The second kappa shape index (κ2) is 6.04. The quantitative estimate of drug-likeness (QED) is 0.766. The van der Waals surface area contributed by atoms with Gasteiger partial charge in [0.05, 0.1) is 13.1 Å². The largest absolute Gasteiger partial charge is 0.381 e. The highest BCUT2D eigenvalue weighted by Gasteiger charge is 2.33. The van der Waals surface area contributed by atoms with Gasteiger partial charge in [0.2, 0.25) is 0 Å². The van der Waals surface area contributed by atoms with E-state index < -0.39 is 5.60 Å². The molecule has 1 aromatic carbocycles. The molecule has 0 amide bonds. The van der Waals surface area contributed by atoms with Gasteiger partial charge in [-0.25, -0.2) is 19.3 Å². The van der Waals surface area contributed by atoms with E-state index in [1.165, 1.54) is 34.7 Å². The molecule has 0 saturated carbocycles. The van der Waals surface area contributed by atoms with Crippen molar-refractivity contribution in [3.63, 3.8) is 0 Å². The third-order valence-electron chi connectivity index (χ3n) is 3.21. The average molecular weight is 339 g/mol. The highest BCUT2D eigenvalue weighted by Crippen LogP contribution is 2.33. The van der Waals surface area contributed by atoms with E-state index in [1.807, 2.05) is 0 Å². The Morgan fingerprint density at radius 3 is 2.05 bits per heavy atom. The molecule has 0 fully saturated rings.